The van der Waals surface area contributed by atoms with E-state index in [-0.39, 0.29) is 18.0 Å². The van der Waals surface area contributed by atoms with Gasteiger partial charge in [-0.2, -0.15) is 0 Å². The third kappa shape index (κ3) is 6.36. The number of carbonyl (C=O) groups excluding carboxylic acids is 1. The van der Waals surface area contributed by atoms with Gasteiger partial charge >= 0.3 is 6.09 Å². The number of piperidine rings is 1. The van der Waals surface area contributed by atoms with Crippen LogP contribution in [-0.4, -0.2) is 75.3 Å². The van der Waals surface area contributed by atoms with Crippen LogP contribution in [0.5, 0.6) is 0 Å². The molecule has 0 unspecified atom stereocenters. The number of ether oxygens (including phenoxy) is 2. The van der Waals surface area contributed by atoms with Gasteiger partial charge in [-0.25, -0.2) is 24.1 Å². The molecule has 3 aromatic rings. The lowest BCUT2D eigenvalue weighted by Gasteiger charge is -2.34. The van der Waals surface area contributed by atoms with E-state index in [2.05, 4.69) is 20.6 Å². The summed E-state index contributed by atoms with van der Waals surface area (Å²) in [5.41, 5.74) is 0.615. The number of likely N-dealkylation sites (tertiary alicyclic amines) is 1. The van der Waals surface area contributed by atoms with Crippen LogP contribution in [0.2, 0.25) is 0 Å². The monoisotopic (exact) mass is 485 g/mol. The quantitative estimate of drug-likeness (QED) is 0.487. The number of nitrogens with one attached hydrogen (secondary N) is 2. The zero-order chi connectivity index (χ0) is 25.0. The maximum atomic E-state index is 13.9. The van der Waals surface area contributed by atoms with Crippen molar-refractivity contribution in [2.75, 3.05) is 44.0 Å². The Bertz CT molecular complexity index is 1180. The Labute approximate surface area is 203 Å². The highest BCUT2D eigenvalue weighted by Gasteiger charge is 2.28. The van der Waals surface area contributed by atoms with Gasteiger partial charge in [0.05, 0.1) is 12.8 Å². The van der Waals surface area contributed by atoms with E-state index >= 15 is 0 Å². The number of amides is 1. The summed E-state index contributed by atoms with van der Waals surface area (Å²) in [4.78, 5) is 27.9. The van der Waals surface area contributed by atoms with Crippen molar-refractivity contribution in [3.63, 3.8) is 0 Å². The largest absolute Gasteiger partial charge is 0.444 e. The first-order valence-corrected chi connectivity index (χ1v) is 11.7. The van der Waals surface area contributed by atoms with Crippen LogP contribution in [-0.2, 0) is 9.47 Å². The second-order valence-electron chi connectivity index (χ2n) is 9.51. The number of nitrogens with zero attached hydrogens (tertiary/aromatic N) is 5. The summed E-state index contributed by atoms with van der Waals surface area (Å²) in [5.74, 6) is 1.21. The molecule has 4 rings (SSSR count). The first-order valence-electron chi connectivity index (χ1n) is 11.7. The molecule has 35 heavy (non-hydrogen) atoms. The molecule has 0 spiro atoms. The van der Waals surface area contributed by atoms with Crippen LogP contribution in [0, 0.1) is 5.82 Å². The van der Waals surface area contributed by atoms with Crippen LogP contribution in [0.1, 0.15) is 33.6 Å². The fourth-order valence-corrected chi connectivity index (χ4v) is 3.92. The van der Waals surface area contributed by atoms with Gasteiger partial charge in [-0.05, 0) is 45.7 Å². The van der Waals surface area contributed by atoms with Gasteiger partial charge in [-0.3, -0.25) is 4.40 Å². The van der Waals surface area contributed by atoms with Gasteiger partial charge < -0.3 is 25.0 Å². The summed E-state index contributed by atoms with van der Waals surface area (Å²) >= 11 is 0. The van der Waals surface area contributed by atoms with E-state index in [1.54, 1.807) is 28.7 Å². The fourth-order valence-electron chi connectivity index (χ4n) is 3.92. The number of rotatable bonds is 7. The van der Waals surface area contributed by atoms with Crippen molar-refractivity contribution in [2.45, 2.75) is 45.3 Å². The molecular formula is C24H32FN7O3. The van der Waals surface area contributed by atoms with Gasteiger partial charge in [0.2, 0.25) is 0 Å². The number of hydrogen-bond acceptors (Lipinski definition) is 8. The minimum atomic E-state index is -0.546. The first kappa shape index (κ1) is 24.6. The van der Waals surface area contributed by atoms with Gasteiger partial charge in [0.1, 0.15) is 34.4 Å². The average Bonchev–Trinajstić information content (AvgIpc) is 3.21. The molecule has 0 saturated carbocycles. The highest BCUT2D eigenvalue weighted by atomic mass is 19.1. The number of fused-ring (bicyclic) bond motifs is 1. The predicted molar refractivity (Wildman–Crippen MR) is 131 cm³/mol. The molecule has 1 saturated heterocycles. The van der Waals surface area contributed by atoms with E-state index in [1.807, 2.05) is 26.8 Å². The maximum Gasteiger partial charge on any atom is 0.410 e. The van der Waals surface area contributed by atoms with E-state index in [0.717, 1.165) is 12.8 Å². The van der Waals surface area contributed by atoms with Gasteiger partial charge in [0.25, 0.3) is 0 Å². The van der Waals surface area contributed by atoms with E-state index < -0.39 is 5.60 Å². The molecule has 0 aromatic carbocycles. The molecule has 1 aliphatic heterocycles. The van der Waals surface area contributed by atoms with E-state index in [1.165, 1.54) is 12.3 Å². The third-order valence-electron chi connectivity index (χ3n) is 5.46. The molecule has 1 fully saturated rings. The average molecular weight is 486 g/mol. The molecular weight excluding hydrogens is 453 g/mol. The summed E-state index contributed by atoms with van der Waals surface area (Å²) in [7, 11) is 1.63. The van der Waals surface area contributed by atoms with Gasteiger partial charge in [0.15, 0.2) is 5.82 Å². The normalized spacial score (nSPS) is 16.4. The van der Waals surface area contributed by atoms with Crippen molar-refractivity contribution in [1.82, 2.24) is 24.3 Å². The van der Waals surface area contributed by atoms with E-state index in [9.17, 15) is 9.18 Å². The molecule has 4 heterocycles. The smallest absolute Gasteiger partial charge is 0.410 e. The van der Waals surface area contributed by atoms with Crippen LogP contribution >= 0.6 is 0 Å². The van der Waals surface area contributed by atoms with Crippen molar-refractivity contribution in [3.8, 4) is 11.5 Å². The van der Waals surface area contributed by atoms with Crippen LogP contribution in [0.25, 0.3) is 17.2 Å². The molecule has 3 aromatic heterocycles. The minimum absolute atomic E-state index is 0.00882. The van der Waals surface area contributed by atoms with Crippen molar-refractivity contribution >= 4 is 23.4 Å². The Balaban J connectivity index is 1.58. The zero-order valence-electron chi connectivity index (χ0n) is 20.5. The number of carbonyl (C=O) groups is 1. The van der Waals surface area contributed by atoms with Crippen LogP contribution in [0.3, 0.4) is 0 Å². The Morgan fingerprint density at radius 3 is 2.83 bits per heavy atom. The number of imidazole rings is 1. The topological polar surface area (TPSA) is 106 Å². The van der Waals surface area contributed by atoms with Crippen molar-refractivity contribution in [3.05, 3.63) is 36.4 Å². The molecule has 0 radical (unpaired) electrons. The second-order valence-corrected chi connectivity index (χ2v) is 9.51. The molecule has 0 aliphatic carbocycles. The summed E-state index contributed by atoms with van der Waals surface area (Å²) in [6, 6.07) is 4.77. The van der Waals surface area contributed by atoms with Gasteiger partial charge in [-0.1, -0.05) is 0 Å². The van der Waals surface area contributed by atoms with E-state index in [4.69, 9.17) is 14.5 Å². The SMILES string of the molecule is COCCNc1cc(N[C@@H]2CCCN(C(=O)OC(C)(C)C)C2)nc(-c2cnc3ccc(F)cn23)n1. The van der Waals surface area contributed by atoms with Crippen molar-refractivity contribution in [1.29, 1.82) is 0 Å². The van der Waals surface area contributed by atoms with Crippen molar-refractivity contribution in [2.24, 2.45) is 0 Å². The Morgan fingerprint density at radius 2 is 2.06 bits per heavy atom. The second kappa shape index (κ2) is 10.4. The van der Waals surface area contributed by atoms with Crippen LogP contribution < -0.4 is 10.6 Å². The number of aromatic nitrogens is 4. The summed E-state index contributed by atoms with van der Waals surface area (Å²) in [6.07, 6.45) is 4.39. The number of halogens is 1. The highest BCUT2D eigenvalue weighted by molar-refractivity contribution is 5.68. The minimum Gasteiger partial charge on any atom is -0.444 e. The summed E-state index contributed by atoms with van der Waals surface area (Å²) in [5, 5.41) is 6.68. The lowest BCUT2D eigenvalue weighted by atomic mass is 10.1. The molecule has 0 bridgehead atoms. The third-order valence-corrected chi connectivity index (χ3v) is 5.46. The number of anilines is 2. The van der Waals surface area contributed by atoms with E-state index in [0.29, 0.717) is 55.0 Å². The standard InChI is InChI=1S/C24H32FN7O3/c1-24(2,3)35-23(33)31-10-5-6-17(15-31)28-20-12-19(26-9-11-34-4)29-22(30-20)18-13-27-21-8-7-16(25)14-32(18)21/h7-8,12-14,17H,5-6,9-11,15H2,1-4H3,(H2,26,28,29,30)/t17-/m1/s1. The predicted octanol–water partition coefficient (Wildman–Crippen LogP) is 3.80. The number of methoxy groups -OCH3 is 1. The summed E-state index contributed by atoms with van der Waals surface area (Å²) in [6.45, 7) is 7.80. The highest BCUT2D eigenvalue weighted by Crippen LogP contribution is 2.24. The molecule has 1 amide bonds. The lowest BCUT2D eigenvalue weighted by Crippen LogP contribution is -2.47. The maximum absolute atomic E-state index is 13.9. The molecule has 11 heteroatoms. The number of pyridine rings is 1. The molecule has 188 valence electrons. The molecule has 1 atom stereocenters. The number of hydrogen-bond donors (Lipinski definition) is 2. The Hall–Kier alpha value is -3.47. The van der Waals surface area contributed by atoms with Crippen LogP contribution in [0.4, 0.5) is 20.8 Å². The molecule has 2 N–H and O–H groups in total. The molecule has 10 nitrogen and oxygen atoms in total. The zero-order valence-corrected chi connectivity index (χ0v) is 20.5. The van der Waals surface area contributed by atoms with Gasteiger partial charge in [0, 0.05) is 45.0 Å². The Morgan fingerprint density at radius 1 is 1.26 bits per heavy atom. The van der Waals surface area contributed by atoms with Crippen molar-refractivity contribution < 1.29 is 18.7 Å². The Kier molecular flexibility index (Phi) is 7.34. The van der Waals surface area contributed by atoms with Crippen LogP contribution in [0.15, 0.2) is 30.6 Å². The lowest BCUT2D eigenvalue weighted by molar-refractivity contribution is 0.0206. The summed E-state index contributed by atoms with van der Waals surface area (Å²) < 4.78 is 26.2. The van der Waals surface area contributed by atoms with Gasteiger partial charge in [-0.15, -0.1) is 0 Å². The first-order chi connectivity index (χ1) is 16.7. The fraction of sp³-hybridized carbons (Fsp3) is 0.500. The molecule has 1 aliphatic rings.